The number of halogens is 1. The molecule has 1 atom stereocenters. The molecule has 1 aliphatic rings. The fourth-order valence-electron chi connectivity index (χ4n) is 3.20. The van der Waals surface area contributed by atoms with Crippen LogP contribution < -0.4 is 5.32 Å². The molecule has 2 amide bonds. The lowest BCUT2D eigenvalue weighted by molar-refractivity contribution is -0.142. The third-order valence-electron chi connectivity index (χ3n) is 4.46. The lowest BCUT2D eigenvalue weighted by atomic mass is 9.91. The summed E-state index contributed by atoms with van der Waals surface area (Å²) in [5, 5.41) is 2.82. The van der Waals surface area contributed by atoms with Crippen molar-refractivity contribution in [1.29, 1.82) is 0 Å². The van der Waals surface area contributed by atoms with Crippen LogP contribution in [-0.2, 0) is 27.3 Å². The van der Waals surface area contributed by atoms with Crippen molar-refractivity contribution in [3.63, 3.8) is 0 Å². The van der Waals surface area contributed by atoms with E-state index < -0.39 is 6.04 Å². The lowest BCUT2D eigenvalue weighted by Crippen LogP contribution is -2.48. The first-order valence-electron chi connectivity index (χ1n) is 8.48. The zero-order chi connectivity index (χ0) is 18.5. The molecule has 0 spiro atoms. The van der Waals surface area contributed by atoms with Crippen LogP contribution in [0.4, 0.5) is 4.39 Å². The van der Waals surface area contributed by atoms with E-state index in [1.807, 2.05) is 24.3 Å². The summed E-state index contributed by atoms with van der Waals surface area (Å²) in [5.74, 6) is -0.742. The third-order valence-corrected chi connectivity index (χ3v) is 4.46. The highest BCUT2D eigenvalue weighted by Crippen LogP contribution is 2.30. The van der Waals surface area contributed by atoms with Gasteiger partial charge < -0.3 is 15.0 Å². The summed E-state index contributed by atoms with van der Waals surface area (Å²) < 4.78 is 18.4. The summed E-state index contributed by atoms with van der Waals surface area (Å²) in [7, 11) is 1.56. The average Bonchev–Trinajstić information content (AvgIpc) is 2.64. The van der Waals surface area contributed by atoms with Gasteiger partial charge in [0.05, 0.1) is 13.0 Å². The molecule has 0 unspecified atom stereocenters. The second-order valence-electron chi connectivity index (χ2n) is 6.21. The molecule has 26 heavy (non-hydrogen) atoms. The highest BCUT2D eigenvalue weighted by molar-refractivity contribution is 5.92. The van der Waals surface area contributed by atoms with E-state index in [4.69, 9.17) is 4.74 Å². The summed E-state index contributed by atoms with van der Waals surface area (Å²) in [6.07, 6.45) is 0.271. The van der Waals surface area contributed by atoms with Crippen LogP contribution in [0, 0.1) is 5.82 Å². The first-order chi connectivity index (χ1) is 12.6. The van der Waals surface area contributed by atoms with Crippen molar-refractivity contribution in [3.05, 3.63) is 71.0 Å². The molecule has 0 radical (unpaired) electrons. The molecular formula is C20H21FN2O3. The molecule has 1 aliphatic heterocycles. The number of fused-ring (bicyclic) bond motifs is 1. The second-order valence-corrected chi connectivity index (χ2v) is 6.21. The predicted molar refractivity (Wildman–Crippen MR) is 94.7 cm³/mol. The van der Waals surface area contributed by atoms with Gasteiger partial charge in [-0.15, -0.1) is 0 Å². The van der Waals surface area contributed by atoms with Gasteiger partial charge in [0.1, 0.15) is 11.9 Å². The van der Waals surface area contributed by atoms with Gasteiger partial charge in [0.15, 0.2) is 0 Å². The smallest absolute Gasteiger partial charge is 0.247 e. The van der Waals surface area contributed by atoms with Gasteiger partial charge in [-0.3, -0.25) is 9.59 Å². The highest BCUT2D eigenvalue weighted by atomic mass is 19.1. The van der Waals surface area contributed by atoms with Crippen LogP contribution in [-0.4, -0.2) is 37.0 Å². The zero-order valence-electron chi connectivity index (χ0n) is 14.6. The van der Waals surface area contributed by atoms with Crippen LogP contribution in [0.5, 0.6) is 0 Å². The Morgan fingerprint density at radius 1 is 1.27 bits per heavy atom. The Balaban J connectivity index is 1.82. The van der Waals surface area contributed by atoms with Crippen LogP contribution in [0.15, 0.2) is 48.5 Å². The summed E-state index contributed by atoms with van der Waals surface area (Å²) in [5.41, 5.74) is 2.34. The van der Waals surface area contributed by atoms with E-state index in [0.29, 0.717) is 18.7 Å². The van der Waals surface area contributed by atoms with Crippen molar-refractivity contribution in [1.82, 2.24) is 10.2 Å². The van der Waals surface area contributed by atoms with Crippen molar-refractivity contribution >= 4 is 11.8 Å². The van der Waals surface area contributed by atoms with Gasteiger partial charge in [-0.25, -0.2) is 4.39 Å². The number of nitrogens with one attached hydrogen (secondary N) is 1. The number of rotatable bonds is 6. The predicted octanol–water partition coefficient (Wildman–Crippen LogP) is 2.21. The molecule has 136 valence electrons. The van der Waals surface area contributed by atoms with E-state index in [2.05, 4.69) is 5.32 Å². The highest BCUT2D eigenvalue weighted by Gasteiger charge is 2.36. The Bertz CT molecular complexity index is 809. The Morgan fingerprint density at radius 2 is 2.08 bits per heavy atom. The minimum atomic E-state index is -0.712. The fourth-order valence-corrected chi connectivity index (χ4v) is 3.20. The number of hydrogen-bond acceptors (Lipinski definition) is 3. The Morgan fingerprint density at radius 3 is 2.85 bits per heavy atom. The van der Waals surface area contributed by atoms with Crippen LogP contribution in [0.1, 0.15) is 22.7 Å². The molecule has 5 nitrogen and oxygen atoms in total. The quantitative estimate of drug-likeness (QED) is 0.863. The number of hydrogen-bond donors (Lipinski definition) is 1. The average molecular weight is 356 g/mol. The molecule has 3 rings (SSSR count). The number of amides is 2. The minimum Gasteiger partial charge on any atom is -0.383 e. The van der Waals surface area contributed by atoms with Crippen LogP contribution in [0.2, 0.25) is 0 Å². The molecule has 0 saturated heterocycles. The number of methoxy groups -OCH3 is 1. The Hall–Kier alpha value is -2.73. The van der Waals surface area contributed by atoms with E-state index in [0.717, 1.165) is 11.1 Å². The third kappa shape index (κ3) is 3.91. The standard InChI is InChI=1S/C20H21FN2O3/c1-26-10-9-23-18(24)12-15-6-2-3-8-17(15)19(23)20(25)22-13-14-5-4-7-16(21)11-14/h2-8,11,19H,9-10,12-13H2,1H3,(H,22,25)/t19-/m1/s1. The van der Waals surface area contributed by atoms with E-state index in [-0.39, 0.29) is 30.6 Å². The van der Waals surface area contributed by atoms with Crippen molar-refractivity contribution in [2.45, 2.75) is 19.0 Å². The molecule has 0 bridgehead atoms. The Kier molecular flexibility index (Phi) is 5.63. The number of carbonyl (C=O) groups excluding carboxylic acids is 2. The van der Waals surface area contributed by atoms with Gasteiger partial charge in [0.2, 0.25) is 11.8 Å². The molecule has 2 aromatic carbocycles. The Labute approximate surface area is 151 Å². The van der Waals surface area contributed by atoms with Gasteiger partial charge in [0, 0.05) is 20.2 Å². The summed E-state index contributed by atoms with van der Waals surface area (Å²) >= 11 is 0. The van der Waals surface area contributed by atoms with Gasteiger partial charge in [-0.05, 0) is 28.8 Å². The minimum absolute atomic E-state index is 0.105. The van der Waals surface area contributed by atoms with Crippen molar-refractivity contribution < 1.29 is 18.7 Å². The number of nitrogens with zero attached hydrogens (tertiary/aromatic N) is 1. The molecule has 0 aliphatic carbocycles. The summed E-state index contributed by atoms with van der Waals surface area (Å²) in [6.45, 7) is 0.880. The van der Waals surface area contributed by atoms with Crippen molar-refractivity contribution in [2.75, 3.05) is 20.3 Å². The van der Waals surface area contributed by atoms with Crippen LogP contribution >= 0.6 is 0 Å². The maximum Gasteiger partial charge on any atom is 0.247 e. The molecule has 0 fully saturated rings. The monoisotopic (exact) mass is 356 g/mol. The normalized spacial score (nSPS) is 16.3. The summed E-state index contributed by atoms with van der Waals surface area (Å²) in [4.78, 5) is 27.0. The topological polar surface area (TPSA) is 58.6 Å². The molecule has 1 heterocycles. The second kappa shape index (κ2) is 8.10. The molecular weight excluding hydrogens is 335 g/mol. The van der Waals surface area contributed by atoms with Crippen molar-refractivity contribution in [2.24, 2.45) is 0 Å². The first kappa shape index (κ1) is 18.1. The van der Waals surface area contributed by atoms with Gasteiger partial charge in [-0.2, -0.15) is 0 Å². The van der Waals surface area contributed by atoms with Gasteiger partial charge >= 0.3 is 0 Å². The molecule has 1 N–H and O–H groups in total. The van der Waals surface area contributed by atoms with E-state index >= 15 is 0 Å². The largest absolute Gasteiger partial charge is 0.383 e. The van der Waals surface area contributed by atoms with E-state index in [1.54, 1.807) is 24.1 Å². The molecule has 0 aromatic heterocycles. The molecule has 2 aromatic rings. The number of ether oxygens (including phenoxy) is 1. The van der Waals surface area contributed by atoms with Crippen LogP contribution in [0.25, 0.3) is 0 Å². The zero-order valence-corrected chi connectivity index (χ0v) is 14.6. The lowest BCUT2D eigenvalue weighted by Gasteiger charge is -2.36. The fraction of sp³-hybridized carbons (Fsp3) is 0.300. The van der Waals surface area contributed by atoms with Gasteiger partial charge in [0.25, 0.3) is 0 Å². The SMILES string of the molecule is COCCN1C(=O)Cc2ccccc2[C@@H]1C(=O)NCc1cccc(F)c1. The van der Waals surface area contributed by atoms with Crippen LogP contribution in [0.3, 0.4) is 0 Å². The summed E-state index contributed by atoms with van der Waals surface area (Å²) in [6, 6.07) is 12.8. The first-order valence-corrected chi connectivity index (χ1v) is 8.48. The number of carbonyl (C=O) groups is 2. The maximum absolute atomic E-state index is 13.3. The molecule has 0 saturated carbocycles. The van der Waals surface area contributed by atoms with E-state index in [9.17, 15) is 14.0 Å². The maximum atomic E-state index is 13.3. The van der Waals surface area contributed by atoms with Gasteiger partial charge in [-0.1, -0.05) is 36.4 Å². The number of benzene rings is 2. The van der Waals surface area contributed by atoms with Crippen molar-refractivity contribution in [3.8, 4) is 0 Å². The molecule has 6 heteroatoms. The van der Waals surface area contributed by atoms with E-state index in [1.165, 1.54) is 12.1 Å².